The van der Waals surface area contributed by atoms with Crippen LogP contribution in [0.4, 0.5) is 9.18 Å². The molecular weight excluding hydrogens is 535 g/mol. The van der Waals surface area contributed by atoms with Crippen LogP contribution in [-0.4, -0.2) is 66.8 Å². The average Bonchev–Trinajstić information content (AvgIpc) is 3.51. The van der Waals surface area contributed by atoms with Crippen molar-refractivity contribution in [1.29, 1.82) is 0 Å². The highest BCUT2D eigenvalue weighted by Crippen LogP contribution is 2.45. The summed E-state index contributed by atoms with van der Waals surface area (Å²) in [6.45, 7) is 1.34. The van der Waals surface area contributed by atoms with Crippen LogP contribution >= 0.6 is 0 Å². The van der Waals surface area contributed by atoms with E-state index in [-0.39, 0.29) is 24.2 Å². The Labute approximate surface area is 246 Å². The zero-order valence-electron chi connectivity index (χ0n) is 24.4. The van der Waals surface area contributed by atoms with Crippen LogP contribution in [0, 0.1) is 17.7 Å². The number of fused-ring (bicyclic) bond motifs is 1. The van der Waals surface area contributed by atoms with Gasteiger partial charge in [0.1, 0.15) is 5.82 Å². The second-order valence-electron chi connectivity index (χ2n) is 11.6. The van der Waals surface area contributed by atoms with Crippen molar-refractivity contribution < 1.29 is 23.8 Å². The average molecular weight is 577 g/mol. The van der Waals surface area contributed by atoms with Gasteiger partial charge in [-0.05, 0) is 75.8 Å². The zero-order valence-corrected chi connectivity index (χ0v) is 24.4. The molecule has 42 heavy (non-hydrogen) atoms. The maximum Gasteiger partial charge on any atom is 0.406 e. The highest BCUT2D eigenvalue weighted by atomic mass is 19.1. The van der Waals surface area contributed by atoms with Gasteiger partial charge in [0.05, 0.1) is 18.2 Å². The number of piperidine rings is 1. The molecule has 0 spiro atoms. The topological polar surface area (TPSA) is 104 Å². The molecule has 9 heteroatoms. The summed E-state index contributed by atoms with van der Waals surface area (Å²) >= 11 is 0. The first kappa shape index (κ1) is 29.9. The summed E-state index contributed by atoms with van der Waals surface area (Å²) in [6.07, 6.45) is 5.93. The second-order valence-corrected chi connectivity index (χ2v) is 11.6. The molecule has 1 saturated carbocycles. The second kappa shape index (κ2) is 13.2. The number of methoxy groups -OCH3 is 1. The summed E-state index contributed by atoms with van der Waals surface area (Å²) in [6, 6.07) is 14.7. The van der Waals surface area contributed by atoms with Gasteiger partial charge in [-0.1, -0.05) is 30.3 Å². The third-order valence-electron chi connectivity index (χ3n) is 9.15. The van der Waals surface area contributed by atoms with Crippen molar-refractivity contribution in [3.05, 3.63) is 66.1 Å². The predicted octanol–water partition coefficient (Wildman–Crippen LogP) is 4.99. The summed E-state index contributed by atoms with van der Waals surface area (Å²) < 4.78 is 20.5. The van der Waals surface area contributed by atoms with Gasteiger partial charge in [-0.15, -0.1) is 0 Å². The number of likely N-dealkylation sites (tertiary alicyclic amines) is 1. The van der Waals surface area contributed by atoms with E-state index in [0.29, 0.717) is 55.2 Å². The maximum absolute atomic E-state index is 15.8. The third kappa shape index (κ3) is 6.27. The van der Waals surface area contributed by atoms with Gasteiger partial charge in [0.25, 0.3) is 0 Å². The first-order valence-electron chi connectivity index (χ1n) is 15.0. The van der Waals surface area contributed by atoms with Gasteiger partial charge in [-0.2, -0.15) is 0 Å². The third-order valence-corrected chi connectivity index (χ3v) is 9.15. The maximum atomic E-state index is 15.8. The Hall–Kier alpha value is -3.56. The molecular formula is C33H41FN4O4. The molecule has 1 saturated heterocycles. The highest BCUT2D eigenvalue weighted by molar-refractivity contribution is 5.84. The normalized spacial score (nSPS) is 22.1. The van der Waals surface area contributed by atoms with E-state index in [0.717, 1.165) is 36.6 Å². The number of alkyl carbamates (subject to hydrolysis) is 1. The van der Waals surface area contributed by atoms with Gasteiger partial charge in [0.15, 0.2) is 0 Å². The molecule has 2 amide bonds. The van der Waals surface area contributed by atoms with E-state index in [1.165, 1.54) is 13.2 Å². The van der Waals surface area contributed by atoms with Gasteiger partial charge in [-0.25, -0.2) is 9.18 Å². The van der Waals surface area contributed by atoms with Crippen LogP contribution in [-0.2, 0) is 15.1 Å². The Bertz CT molecular complexity index is 1420. The van der Waals surface area contributed by atoms with Gasteiger partial charge in [0, 0.05) is 60.2 Å². The van der Waals surface area contributed by atoms with E-state index in [9.17, 15) is 14.7 Å². The lowest BCUT2D eigenvalue weighted by Gasteiger charge is -2.44. The van der Waals surface area contributed by atoms with Crippen molar-refractivity contribution in [1.82, 2.24) is 20.5 Å². The molecule has 3 N–H and O–H groups in total. The van der Waals surface area contributed by atoms with E-state index in [4.69, 9.17) is 4.74 Å². The minimum absolute atomic E-state index is 0.0213. The minimum Gasteiger partial charge on any atom is -0.453 e. The van der Waals surface area contributed by atoms with E-state index in [2.05, 4.69) is 15.6 Å². The minimum atomic E-state index is -1.46. The molecule has 2 aliphatic rings. The van der Waals surface area contributed by atoms with Crippen molar-refractivity contribution in [3.8, 4) is 11.1 Å². The fourth-order valence-electron chi connectivity index (χ4n) is 6.86. The Morgan fingerprint density at radius 1 is 1.17 bits per heavy atom. The van der Waals surface area contributed by atoms with Gasteiger partial charge < -0.3 is 25.4 Å². The van der Waals surface area contributed by atoms with Crippen LogP contribution in [0.3, 0.4) is 0 Å². The number of hydrogen-bond donors (Lipinski definition) is 3. The lowest BCUT2D eigenvalue weighted by molar-refractivity contribution is -0.140. The first-order valence-corrected chi connectivity index (χ1v) is 15.0. The number of halogens is 1. The Balaban J connectivity index is 1.49. The number of pyridine rings is 1. The summed E-state index contributed by atoms with van der Waals surface area (Å²) in [4.78, 5) is 31.8. The van der Waals surface area contributed by atoms with Gasteiger partial charge in [0.2, 0.25) is 5.91 Å². The van der Waals surface area contributed by atoms with Crippen LogP contribution in [0.25, 0.3) is 22.0 Å². The molecule has 8 nitrogen and oxygen atoms in total. The van der Waals surface area contributed by atoms with E-state index in [1.54, 1.807) is 18.3 Å². The molecule has 2 aromatic carbocycles. The molecule has 1 aliphatic heterocycles. The van der Waals surface area contributed by atoms with Crippen molar-refractivity contribution in [2.24, 2.45) is 11.8 Å². The monoisotopic (exact) mass is 576 g/mol. The van der Waals surface area contributed by atoms with Crippen molar-refractivity contribution in [2.45, 2.75) is 56.6 Å². The van der Waals surface area contributed by atoms with Gasteiger partial charge >= 0.3 is 6.09 Å². The summed E-state index contributed by atoms with van der Waals surface area (Å²) in [5.41, 5.74) is 0.726. The molecule has 4 atom stereocenters. The van der Waals surface area contributed by atoms with Crippen molar-refractivity contribution >= 4 is 22.9 Å². The standard InChI is InChI=1S/C33H41FN4O4/c1-35-26-14-13-23(19-26)31(39)38-17-6-9-25(21-38)33(41,15-7-16-36-32(40)42-2)27-10-5-11-28(34)30(27)24-18-22-8-3-4-12-29(22)37-20-24/h3-5,8,10-12,18,20,23,25-26,35,41H,6-7,9,13-17,19,21H2,1-2H3,(H,36,40)/t23-,25-,26+,33+/m1/s1. The largest absolute Gasteiger partial charge is 0.453 e. The highest BCUT2D eigenvalue weighted by Gasteiger charge is 2.44. The molecule has 0 bridgehead atoms. The number of ether oxygens (including phenoxy) is 1. The smallest absolute Gasteiger partial charge is 0.406 e. The molecule has 0 radical (unpaired) electrons. The van der Waals surface area contributed by atoms with Gasteiger partial charge in [-0.3, -0.25) is 9.78 Å². The number of benzene rings is 2. The number of amides is 2. The lowest BCUT2D eigenvalue weighted by atomic mass is 9.72. The first-order chi connectivity index (χ1) is 20.3. The molecule has 3 aromatic rings. The number of aromatic nitrogens is 1. The van der Waals surface area contributed by atoms with Crippen molar-refractivity contribution in [3.63, 3.8) is 0 Å². The number of carbonyl (C=O) groups excluding carboxylic acids is 2. The molecule has 1 aliphatic carbocycles. The van der Waals surface area contributed by atoms with Crippen LogP contribution in [0.1, 0.15) is 50.5 Å². The lowest BCUT2D eigenvalue weighted by Crippen LogP contribution is -2.50. The SMILES string of the molecule is CN[C@H]1CC[C@@H](C(=O)N2CCC[C@@H]([C@@](O)(CCCNC(=O)OC)c3cccc(F)c3-c3cnc4ccccc4c3)C2)C1. The van der Waals surface area contributed by atoms with Crippen LogP contribution in [0.2, 0.25) is 0 Å². The zero-order chi connectivity index (χ0) is 29.7. The van der Waals surface area contributed by atoms with Crippen LogP contribution < -0.4 is 10.6 Å². The number of hydrogen-bond acceptors (Lipinski definition) is 6. The Morgan fingerprint density at radius 3 is 2.79 bits per heavy atom. The fraction of sp³-hybridized carbons (Fsp3) is 0.485. The fourth-order valence-corrected chi connectivity index (χ4v) is 6.86. The molecule has 5 rings (SSSR count). The summed E-state index contributed by atoms with van der Waals surface area (Å²) in [5, 5.41) is 19.5. The van der Waals surface area contributed by atoms with E-state index in [1.807, 2.05) is 42.3 Å². The number of carbonyl (C=O) groups is 2. The molecule has 2 heterocycles. The number of para-hydroxylation sites is 1. The summed E-state index contributed by atoms with van der Waals surface area (Å²) in [7, 11) is 3.24. The van der Waals surface area contributed by atoms with E-state index >= 15 is 4.39 Å². The number of aliphatic hydroxyl groups is 1. The predicted molar refractivity (Wildman–Crippen MR) is 160 cm³/mol. The number of nitrogens with one attached hydrogen (secondary N) is 2. The molecule has 2 fully saturated rings. The quantitative estimate of drug-likeness (QED) is 0.310. The summed E-state index contributed by atoms with van der Waals surface area (Å²) in [5.74, 6) is -0.635. The molecule has 224 valence electrons. The van der Waals surface area contributed by atoms with Crippen molar-refractivity contribution in [2.75, 3.05) is 33.8 Å². The Kier molecular flexibility index (Phi) is 9.38. The van der Waals surface area contributed by atoms with E-state index < -0.39 is 17.5 Å². The number of rotatable bonds is 9. The Morgan fingerprint density at radius 2 is 2.00 bits per heavy atom. The molecule has 1 aromatic heterocycles. The number of nitrogens with zero attached hydrogens (tertiary/aromatic N) is 2. The van der Waals surface area contributed by atoms with Crippen LogP contribution in [0.15, 0.2) is 54.7 Å². The van der Waals surface area contributed by atoms with Crippen LogP contribution in [0.5, 0.6) is 0 Å². The molecule has 0 unspecified atom stereocenters.